The van der Waals surface area contributed by atoms with Crippen LogP contribution in [0.15, 0.2) is 82.3 Å². The fourth-order valence-corrected chi connectivity index (χ4v) is 2.92. The fourth-order valence-electron chi connectivity index (χ4n) is 2.80. The lowest BCUT2D eigenvalue weighted by molar-refractivity contribution is 0.340. The first-order chi connectivity index (χ1) is 13.2. The summed E-state index contributed by atoms with van der Waals surface area (Å²) >= 11 is 6.01. The summed E-state index contributed by atoms with van der Waals surface area (Å²) < 4.78 is 11.8. The zero-order valence-corrected chi connectivity index (χ0v) is 15.5. The second kappa shape index (κ2) is 7.64. The van der Waals surface area contributed by atoms with Gasteiger partial charge in [-0.3, -0.25) is 0 Å². The normalized spacial score (nSPS) is 11.7. The van der Waals surface area contributed by atoms with Crippen molar-refractivity contribution < 1.29 is 9.15 Å². The zero-order valence-electron chi connectivity index (χ0n) is 14.7. The van der Waals surface area contributed by atoms with E-state index >= 15 is 0 Å². The Morgan fingerprint density at radius 1 is 1.04 bits per heavy atom. The number of halogens is 1. The molecular weight excluding hydrogens is 360 g/mol. The van der Waals surface area contributed by atoms with E-state index in [-0.39, 0.29) is 0 Å². The summed E-state index contributed by atoms with van der Waals surface area (Å²) in [6, 6.07) is 20.8. The molecule has 0 amide bonds. The maximum absolute atomic E-state index is 6.12. The van der Waals surface area contributed by atoms with E-state index in [9.17, 15) is 0 Å². The summed E-state index contributed by atoms with van der Waals surface area (Å²) in [5, 5.41) is 2.31. The van der Waals surface area contributed by atoms with Gasteiger partial charge in [-0.25, -0.2) is 9.98 Å². The molecule has 0 N–H and O–H groups in total. The van der Waals surface area contributed by atoms with Crippen molar-refractivity contribution in [1.82, 2.24) is 4.98 Å². The number of pyridine rings is 1. The van der Waals surface area contributed by atoms with Gasteiger partial charge in [0.05, 0.1) is 12.0 Å². The van der Waals surface area contributed by atoms with Gasteiger partial charge in [-0.2, -0.15) is 0 Å². The van der Waals surface area contributed by atoms with Crippen LogP contribution >= 0.6 is 11.6 Å². The van der Waals surface area contributed by atoms with Crippen LogP contribution in [0.3, 0.4) is 0 Å². The highest BCUT2D eigenvalue weighted by atomic mass is 35.5. The minimum absolute atomic E-state index is 0.595. The molecule has 134 valence electrons. The van der Waals surface area contributed by atoms with Crippen molar-refractivity contribution in [3.63, 3.8) is 0 Å². The van der Waals surface area contributed by atoms with Gasteiger partial charge < -0.3 is 9.15 Å². The second-order valence-electron chi connectivity index (χ2n) is 5.89. The van der Waals surface area contributed by atoms with Gasteiger partial charge in [0.15, 0.2) is 5.82 Å². The van der Waals surface area contributed by atoms with E-state index < -0.39 is 0 Å². The summed E-state index contributed by atoms with van der Waals surface area (Å²) in [6.07, 6.45) is 1.72. The lowest BCUT2D eigenvalue weighted by atomic mass is 10.1. The van der Waals surface area contributed by atoms with Crippen molar-refractivity contribution in [3.05, 3.63) is 83.3 Å². The van der Waals surface area contributed by atoms with Gasteiger partial charge in [-0.05, 0) is 61.5 Å². The van der Waals surface area contributed by atoms with Crippen LogP contribution in [0.1, 0.15) is 6.92 Å². The predicted molar refractivity (Wildman–Crippen MR) is 107 cm³/mol. The minimum Gasteiger partial charge on any atom is -0.494 e. The molecule has 0 unspecified atom stereocenters. The van der Waals surface area contributed by atoms with E-state index in [1.807, 2.05) is 73.7 Å². The molecule has 0 saturated heterocycles. The Morgan fingerprint density at radius 2 is 1.89 bits per heavy atom. The Morgan fingerprint density at radius 3 is 2.63 bits per heavy atom. The largest absolute Gasteiger partial charge is 0.494 e. The molecule has 0 aliphatic heterocycles. The van der Waals surface area contributed by atoms with Crippen LogP contribution in [0.25, 0.3) is 22.3 Å². The first-order valence-corrected chi connectivity index (χ1v) is 9.03. The number of nitrogens with zero attached hydrogens (tertiary/aromatic N) is 2. The summed E-state index contributed by atoms with van der Waals surface area (Å²) in [5.41, 5.74) is 1.65. The van der Waals surface area contributed by atoms with Gasteiger partial charge >= 0.3 is 0 Å². The molecule has 0 saturated carbocycles. The summed E-state index contributed by atoms with van der Waals surface area (Å²) in [7, 11) is 0. The molecule has 0 bridgehead atoms. The van der Waals surface area contributed by atoms with E-state index in [0.29, 0.717) is 23.2 Å². The molecule has 2 aromatic carbocycles. The van der Waals surface area contributed by atoms with Crippen LogP contribution in [0, 0.1) is 0 Å². The molecule has 0 spiro atoms. The molecule has 2 heterocycles. The molecule has 27 heavy (non-hydrogen) atoms. The lowest BCUT2D eigenvalue weighted by Crippen LogP contribution is -2.04. The Hall–Kier alpha value is -3.11. The lowest BCUT2D eigenvalue weighted by Gasteiger charge is -2.08. The van der Waals surface area contributed by atoms with Crippen molar-refractivity contribution in [3.8, 4) is 17.1 Å². The molecular formula is C22H17ClN2O2. The van der Waals surface area contributed by atoms with E-state index in [0.717, 1.165) is 27.6 Å². The van der Waals surface area contributed by atoms with Crippen LogP contribution in [0.5, 0.6) is 5.75 Å². The monoisotopic (exact) mass is 376 g/mol. The van der Waals surface area contributed by atoms with Crippen molar-refractivity contribution in [2.75, 3.05) is 6.61 Å². The standard InChI is InChI=1S/C22H17ClN2O2/c1-2-26-17-10-11-20-18(13-17)19(25-22-5-3-4-12-24-22)14-21(27-20)15-6-8-16(23)9-7-15/h3-14H,2H2,1H3. The molecule has 0 radical (unpaired) electrons. The molecule has 0 aliphatic rings. The third kappa shape index (κ3) is 3.86. The smallest absolute Gasteiger partial charge is 0.152 e. The van der Waals surface area contributed by atoms with Crippen LogP contribution in [0.4, 0.5) is 5.82 Å². The van der Waals surface area contributed by atoms with E-state index in [1.54, 1.807) is 6.20 Å². The topological polar surface area (TPSA) is 47.6 Å². The highest BCUT2D eigenvalue weighted by molar-refractivity contribution is 6.30. The molecule has 4 rings (SSSR count). The highest BCUT2D eigenvalue weighted by Gasteiger charge is 2.08. The Balaban J connectivity index is 1.96. The molecule has 5 heteroatoms. The van der Waals surface area contributed by atoms with Crippen molar-refractivity contribution in [2.24, 2.45) is 4.99 Å². The van der Waals surface area contributed by atoms with E-state index in [2.05, 4.69) is 4.98 Å². The first kappa shape index (κ1) is 17.3. The van der Waals surface area contributed by atoms with Gasteiger partial charge in [-0.15, -0.1) is 0 Å². The molecule has 0 aliphatic carbocycles. The maximum atomic E-state index is 6.12. The number of hydrogen-bond donors (Lipinski definition) is 0. The van der Waals surface area contributed by atoms with Crippen molar-refractivity contribution >= 4 is 28.4 Å². The SMILES string of the molecule is CCOc1ccc2oc(-c3ccc(Cl)cc3)cc(=Nc3ccccn3)c2c1. The number of benzene rings is 2. The van der Waals surface area contributed by atoms with Gasteiger partial charge in [0, 0.05) is 28.2 Å². The van der Waals surface area contributed by atoms with Crippen molar-refractivity contribution in [1.29, 1.82) is 0 Å². The van der Waals surface area contributed by atoms with Gasteiger partial charge in [0.1, 0.15) is 17.1 Å². The third-order valence-corrected chi connectivity index (χ3v) is 4.29. The van der Waals surface area contributed by atoms with Crippen LogP contribution in [-0.2, 0) is 0 Å². The summed E-state index contributed by atoms with van der Waals surface area (Å²) in [4.78, 5) is 9.03. The van der Waals surface area contributed by atoms with Crippen LogP contribution < -0.4 is 10.1 Å². The summed E-state index contributed by atoms with van der Waals surface area (Å²) in [6.45, 7) is 2.55. The van der Waals surface area contributed by atoms with Gasteiger partial charge in [0.25, 0.3) is 0 Å². The highest BCUT2D eigenvalue weighted by Crippen LogP contribution is 2.26. The molecule has 4 aromatic rings. The number of aromatic nitrogens is 1. The van der Waals surface area contributed by atoms with Crippen molar-refractivity contribution in [2.45, 2.75) is 6.92 Å². The average Bonchev–Trinajstić information content (AvgIpc) is 2.70. The molecule has 2 aromatic heterocycles. The minimum atomic E-state index is 0.595. The third-order valence-electron chi connectivity index (χ3n) is 4.04. The van der Waals surface area contributed by atoms with Crippen LogP contribution in [0.2, 0.25) is 5.02 Å². The van der Waals surface area contributed by atoms with Gasteiger partial charge in [-0.1, -0.05) is 17.7 Å². The zero-order chi connectivity index (χ0) is 18.6. The quantitative estimate of drug-likeness (QED) is 0.453. The fraction of sp³-hybridized carbons (Fsp3) is 0.0909. The number of hydrogen-bond acceptors (Lipinski definition) is 4. The van der Waals surface area contributed by atoms with Gasteiger partial charge in [0.2, 0.25) is 0 Å². The predicted octanol–water partition coefficient (Wildman–Crippen LogP) is 5.78. The molecule has 0 atom stereocenters. The van der Waals surface area contributed by atoms with E-state index in [1.165, 1.54) is 0 Å². The maximum Gasteiger partial charge on any atom is 0.152 e. The molecule has 0 fully saturated rings. The average molecular weight is 377 g/mol. The number of rotatable bonds is 4. The second-order valence-corrected chi connectivity index (χ2v) is 6.33. The number of ether oxygens (including phenoxy) is 1. The van der Waals surface area contributed by atoms with Crippen LogP contribution in [-0.4, -0.2) is 11.6 Å². The Kier molecular flexibility index (Phi) is 4.90. The number of fused-ring (bicyclic) bond motifs is 1. The molecule has 4 nitrogen and oxygen atoms in total. The Bertz CT molecular complexity index is 1140. The summed E-state index contributed by atoms with van der Waals surface area (Å²) in [5.74, 6) is 2.11. The van der Waals surface area contributed by atoms with E-state index in [4.69, 9.17) is 25.7 Å². The first-order valence-electron chi connectivity index (χ1n) is 8.65. The Labute approximate surface area is 161 Å².